The summed E-state index contributed by atoms with van der Waals surface area (Å²) >= 11 is 0. The summed E-state index contributed by atoms with van der Waals surface area (Å²) < 4.78 is 0. The van der Waals surface area contributed by atoms with Crippen molar-refractivity contribution < 1.29 is 14.7 Å². The summed E-state index contributed by atoms with van der Waals surface area (Å²) in [6, 6.07) is 6.19. The minimum atomic E-state index is -0.982. The Balaban J connectivity index is 1.64. The molecule has 3 rings (SSSR count). The summed E-state index contributed by atoms with van der Waals surface area (Å²) in [5, 5.41) is 19.6. The van der Waals surface area contributed by atoms with Crippen LogP contribution in [-0.4, -0.2) is 33.4 Å². The quantitative estimate of drug-likeness (QED) is 0.585. The summed E-state index contributed by atoms with van der Waals surface area (Å²) in [4.78, 5) is 22.8. The first-order chi connectivity index (χ1) is 10.6. The molecule has 2 aromatic rings. The van der Waals surface area contributed by atoms with Gasteiger partial charge in [-0.15, -0.1) is 0 Å². The number of rotatable bonds is 4. The van der Waals surface area contributed by atoms with Crippen molar-refractivity contribution in [2.45, 2.75) is 19.3 Å². The second kappa shape index (κ2) is 5.80. The highest BCUT2D eigenvalue weighted by Crippen LogP contribution is 2.22. The fraction of sp³-hybridized carbons (Fsp3) is 0.200. The maximum absolute atomic E-state index is 12.0. The minimum absolute atomic E-state index is 0.202. The number of aromatic carboxylic acids is 1. The third-order valence-electron chi connectivity index (χ3n) is 3.56. The fourth-order valence-corrected chi connectivity index (χ4v) is 2.44. The number of nitrogens with zero attached hydrogens (tertiary/aromatic N) is 2. The van der Waals surface area contributed by atoms with E-state index in [1.807, 2.05) is 0 Å². The molecule has 0 saturated heterocycles. The van der Waals surface area contributed by atoms with Gasteiger partial charge in [0.25, 0.3) is 5.91 Å². The molecule has 0 bridgehead atoms. The molecule has 0 radical (unpaired) electrons. The Kier molecular flexibility index (Phi) is 3.69. The van der Waals surface area contributed by atoms with Crippen LogP contribution in [-0.2, 0) is 12.8 Å². The monoisotopic (exact) mass is 298 g/mol. The van der Waals surface area contributed by atoms with Crippen LogP contribution in [0.3, 0.4) is 0 Å². The number of carbonyl (C=O) groups is 2. The Morgan fingerprint density at radius 1 is 1.27 bits per heavy atom. The number of aromatic amines is 1. The molecule has 0 fully saturated rings. The molecule has 1 aromatic heterocycles. The number of hydrazone groups is 1. The zero-order valence-corrected chi connectivity index (χ0v) is 11.7. The summed E-state index contributed by atoms with van der Waals surface area (Å²) in [5.74, 6) is -1.33. The molecule has 7 nitrogen and oxygen atoms in total. The van der Waals surface area contributed by atoms with E-state index in [1.54, 1.807) is 12.1 Å². The Hall–Kier alpha value is -2.96. The van der Waals surface area contributed by atoms with Gasteiger partial charge in [0.15, 0.2) is 5.69 Å². The van der Waals surface area contributed by atoms with Crippen LogP contribution in [0, 0.1) is 0 Å². The van der Waals surface area contributed by atoms with Crippen LogP contribution in [0.1, 0.15) is 44.1 Å². The van der Waals surface area contributed by atoms with Crippen LogP contribution in [0.4, 0.5) is 0 Å². The molecule has 3 N–H and O–H groups in total. The number of H-pyrrole nitrogens is 1. The Morgan fingerprint density at radius 2 is 2.05 bits per heavy atom. The van der Waals surface area contributed by atoms with E-state index < -0.39 is 5.97 Å². The van der Waals surface area contributed by atoms with E-state index in [1.165, 1.54) is 18.3 Å². The van der Waals surface area contributed by atoms with Crippen molar-refractivity contribution in [1.82, 2.24) is 15.6 Å². The predicted octanol–water partition coefficient (Wildman–Crippen LogP) is 1.36. The van der Waals surface area contributed by atoms with E-state index in [2.05, 4.69) is 20.7 Å². The van der Waals surface area contributed by atoms with Gasteiger partial charge in [0.1, 0.15) is 0 Å². The first-order valence-corrected chi connectivity index (χ1v) is 6.88. The smallest absolute Gasteiger partial charge is 0.335 e. The summed E-state index contributed by atoms with van der Waals surface area (Å²) in [6.07, 6.45) is 4.27. The van der Waals surface area contributed by atoms with Gasteiger partial charge in [-0.2, -0.15) is 10.2 Å². The number of carboxylic acid groups (broad SMARTS) is 1. The number of carbonyl (C=O) groups excluding carboxylic acids is 1. The number of benzene rings is 1. The van der Waals surface area contributed by atoms with Gasteiger partial charge in [0, 0.05) is 11.3 Å². The number of aromatic nitrogens is 2. The van der Waals surface area contributed by atoms with Crippen LogP contribution in [0.5, 0.6) is 0 Å². The molecule has 0 unspecified atom stereocenters. The van der Waals surface area contributed by atoms with Crippen LogP contribution in [0.15, 0.2) is 29.4 Å². The van der Waals surface area contributed by atoms with Gasteiger partial charge in [0.05, 0.1) is 11.8 Å². The fourth-order valence-electron chi connectivity index (χ4n) is 2.44. The molecule has 22 heavy (non-hydrogen) atoms. The average molecular weight is 298 g/mol. The molecule has 1 aliphatic carbocycles. The predicted molar refractivity (Wildman–Crippen MR) is 79.1 cm³/mol. The van der Waals surface area contributed by atoms with E-state index in [0.29, 0.717) is 11.3 Å². The number of fused-ring (bicyclic) bond motifs is 1. The lowest BCUT2D eigenvalue weighted by Gasteiger charge is -1.98. The first kappa shape index (κ1) is 14.0. The second-order valence-electron chi connectivity index (χ2n) is 5.01. The van der Waals surface area contributed by atoms with Crippen molar-refractivity contribution in [1.29, 1.82) is 0 Å². The lowest BCUT2D eigenvalue weighted by molar-refractivity contribution is 0.0696. The number of aryl methyl sites for hydroxylation is 1. The highest BCUT2D eigenvalue weighted by Gasteiger charge is 2.22. The van der Waals surface area contributed by atoms with E-state index in [9.17, 15) is 9.59 Å². The van der Waals surface area contributed by atoms with Crippen molar-refractivity contribution >= 4 is 18.1 Å². The van der Waals surface area contributed by atoms with E-state index >= 15 is 0 Å². The summed E-state index contributed by atoms with van der Waals surface area (Å²) in [6.45, 7) is 0. The molecule has 7 heteroatoms. The first-order valence-electron chi connectivity index (χ1n) is 6.88. The highest BCUT2D eigenvalue weighted by molar-refractivity contribution is 5.95. The Morgan fingerprint density at radius 3 is 2.77 bits per heavy atom. The van der Waals surface area contributed by atoms with Gasteiger partial charge in [0.2, 0.25) is 0 Å². The van der Waals surface area contributed by atoms with Crippen molar-refractivity contribution in [3.8, 4) is 0 Å². The topological polar surface area (TPSA) is 107 Å². The molecule has 1 aliphatic rings. The lowest BCUT2D eigenvalue weighted by atomic mass is 10.1. The SMILES string of the molecule is O=C(O)c1ccc(C=NNC(=O)c2n[nH]c3c2CCC3)cc1. The number of nitrogens with one attached hydrogen (secondary N) is 2. The number of hydrogen-bond acceptors (Lipinski definition) is 4. The van der Waals surface area contributed by atoms with Crippen molar-refractivity contribution in [2.75, 3.05) is 0 Å². The molecule has 0 aliphatic heterocycles. The standard InChI is InChI=1S/C15H14N4O3/c20-14(13-11-2-1-3-12(11)17-18-13)19-16-8-9-4-6-10(7-5-9)15(21)22/h4-8H,1-3H2,(H,17,18)(H,19,20)(H,21,22). The molecule has 1 aromatic carbocycles. The van der Waals surface area contributed by atoms with Gasteiger partial charge in [-0.3, -0.25) is 9.89 Å². The highest BCUT2D eigenvalue weighted by atomic mass is 16.4. The zero-order chi connectivity index (χ0) is 15.5. The van der Waals surface area contributed by atoms with E-state index in [0.717, 1.165) is 30.5 Å². The molecule has 0 atom stereocenters. The Bertz CT molecular complexity index is 747. The van der Waals surface area contributed by atoms with E-state index in [-0.39, 0.29) is 11.5 Å². The number of hydrogen-bond donors (Lipinski definition) is 3. The van der Waals surface area contributed by atoms with Crippen LogP contribution < -0.4 is 5.43 Å². The third kappa shape index (κ3) is 2.73. The molecule has 112 valence electrons. The van der Waals surface area contributed by atoms with Gasteiger partial charge in [-0.25, -0.2) is 10.2 Å². The molecule has 1 amide bonds. The largest absolute Gasteiger partial charge is 0.478 e. The number of amides is 1. The summed E-state index contributed by atoms with van der Waals surface area (Å²) in [5.41, 5.74) is 5.72. The average Bonchev–Trinajstić information content (AvgIpc) is 3.10. The van der Waals surface area contributed by atoms with Crippen molar-refractivity contribution in [2.24, 2.45) is 5.10 Å². The maximum atomic E-state index is 12.0. The summed E-state index contributed by atoms with van der Waals surface area (Å²) in [7, 11) is 0. The van der Waals surface area contributed by atoms with Gasteiger partial charge in [-0.05, 0) is 37.0 Å². The third-order valence-corrected chi connectivity index (χ3v) is 3.56. The van der Waals surface area contributed by atoms with Gasteiger partial charge >= 0.3 is 5.97 Å². The van der Waals surface area contributed by atoms with E-state index in [4.69, 9.17) is 5.11 Å². The maximum Gasteiger partial charge on any atom is 0.335 e. The normalized spacial score (nSPS) is 13.3. The van der Waals surface area contributed by atoms with Gasteiger partial charge < -0.3 is 5.11 Å². The molecule has 0 spiro atoms. The van der Waals surface area contributed by atoms with Gasteiger partial charge in [-0.1, -0.05) is 12.1 Å². The lowest BCUT2D eigenvalue weighted by Crippen LogP contribution is -2.19. The number of carboxylic acids is 1. The minimum Gasteiger partial charge on any atom is -0.478 e. The molecular formula is C15H14N4O3. The molecular weight excluding hydrogens is 284 g/mol. The second-order valence-corrected chi connectivity index (χ2v) is 5.01. The van der Waals surface area contributed by atoms with Crippen LogP contribution in [0.2, 0.25) is 0 Å². The van der Waals surface area contributed by atoms with Crippen molar-refractivity contribution in [3.63, 3.8) is 0 Å². The van der Waals surface area contributed by atoms with Crippen molar-refractivity contribution in [3.05, 3.63) is 52.3 Å². The molecule has 1 heterocycles. The molecule has 0 saturated carbocycles. The Labute approximate surface area is 126 Å². The van der Waals surface area contributed by atoms with Crippen LogP contribution >= 0.6 is 0 Å². The zero-order valence-electron chi connectivity index (χ0n) is 11.7. The van der Waals surface area contributed by atoms with Crippen LogP contribution in [0.25, 0.3) is 0 Å².